The lowest BCUT2D eigenvalue weighted by Crippen LogP contribution is -2.40. The molecule has 33 heavy (non-hydrogen) atoms. The van der Waals surface area contributed by atoms with Crippen molar-refractivity contribution in [1.82, 2.24) is 4.98 Å². The Kier molecular flexibility index (Phi) is 6.37. The average molecular weight is 459 g/mol. The summed E-state index contributed by atoms with van der Waals surface area (Å²) in [5, 5.41) is 0.673. The van der Waals surface area contributed by atoms with E-state index in [2.05, 4.69) is 0 Å². The van der Waals surface area contributed by atoms with Gasteiger partial charge in [0.15, 0.2) is 5.13 Å². The first-order valence-electron chi connectivity index (χ1n) is 11.2. The Hall–Kier alpha value is -3.22. The van der Waals surface area contributed by atoms with Gasteiger partial charge in [0.05, 0.1) is 30.4 Å². The summed E-state index contributed by atoms with van der Waals surface area (Å²) < 4.78 is 12.4. The van der Waals surface area contributed by atoms with Gasteiger partial charge in [0.2, 0.25) is 5.91 Å². The number of benzene rings is 3. The van der Waals surface area contributed by atoms with E-state index in [-0.39, 0.29) is 12.0 Å². The number of fused-ring (bicyclic) bond motifs is 1. The monoisotopic (exact) mass is 458 g/mol. The highest BCUT2D eigenvalue weighted by atomic mass is 32.1. The largest absolute Gasteiger partial charge is 0.494 e. The van der Waals surface area contributed by atoms with E-state index in [1.54, 1.807) is 7.11 Å². The Balaban J connectivity index is 1.60. The van der Waals surface area contributed by atoms with Crippen molar-refractivity contribution >= 4 is 32.6 Å². The van der Waals surface area contributed by atoms with E-state index in [0.29, 0.717) is 17.4 Å². The Morgan fingerprint density at radius 2 is 1.76 bits per heavy atom. The predicted octanol–water partition coefficient (Wildman–Crippen LogP) is 5.65. The van der Waals surface area contributed by atoms with Crippen LogP contribution in [0.3, 0.4) is 0 Å². The first-order valence-corrected chi connectivity index (χ1v) is 12.0. The van der Waals surface area contributed by atoms with Crippen LogP contribution in [0.25, 0.3) is 10.2 Å². The number of hydrogen-bond acceptors (Lipinski definition) is 5. The summed E-state index contributed by atoms with van der Waals surface area (Å²) in [6.07, 6.45) is 1.97. The summed E-state index contributed by atoms with van der Waals surface area (Å²) in [7, 11) is 1.64. The molecule has 4 aromatic rings. The van der Waals surface area contributed by atoms with Crippen molar-refractivity contribution in [2.45, 2.75) is 24.9 Å². The van der Waals surface area contributed by atoms with Crippen LogP contribution >= 0.6 is 11.3 Å². The van der Waals surface area contributed by atoms with Crippen molar-refractivity contribution in [3.63, 3.8) is 0 Å². The zero-order valence-corrected chi connectivity index (χ0v) is 19.3. The van der Waals surface area contributed by atoms with Gasteiger partial charge in [0.1, 0.15) is 11.3 Å². The Morgan fingerprint density at radius 3 is 2.36 bits per heavy atom. The minimum absolute atomic E-state index is 0.000855. The molecule has 0 N–H and O–H groups in total. The van der Waals surface area contributed by atoms with Crippen LogP contribution in [0.2, 0.25) is 0 Å². The highest BCUT2D eigenvalue weighted by Crippen LogP contribution is 2.37. The number of nitrogens with zero attached hydrogens (tertiary/aromatic N) is 2. The summed E-state index contributed by atoms with van der Waals surface area (Å²) in [6.45, 7) is 1.22. The quantitative estimate of drug-likeness (QED) is 0.359. The summed E-state index contributed by atoms with van der Waals surface area (Å²) in [6, 6.07) is 25.8. The van der Waals surface area contributed by atoms with Crippen molar-refractivity contribution < 1.29 is 14.3 Å². The van der Waals surface area contributed by atoms with Crippen molar-refractivity contribution in [3.05, 3.63) is 90.0 Å². The van der Waals surface area contributed by atoms with Gasteiger partial charge >= 0.3 is 0 Å². The Bertz CT molecular complexity index is 1180. The number of para-hydroxylation sites is 1. The topological polar surface area (TPSA) is 51.7 Å². The first kappa shape index (κ1) is 21.6. The van der Waals surface area contributed by atoms with E-state index in [1.807, 2.05) is 83.8 Å². The van der Waals surface area contributed by atoms with E-state index in [9.17, 15) is 4.79 Å². The molecule has 168 valence electrons. The molecule has 0 radical (unpaired) electrons. The number of amides is 1. The number of carbonyl (C=O) groups is 1. The summed E-state index contributed by atoms with van der Waals surface area (Å²) in [5.74, 6) is 0.283. The summed E-state index contributed by atoms with van der Waals surface area (Å²) in [4.78, 5) is 21.0. The summed E-state index contributed by atoms with van der Waals surface area (Å²) >= 11 is 1.51. The Labute approximate surface area is 197 Å². The molecule has 1 aliphatic rings. The van der Waals surface area contributed by atoms with Crippen LogP contribution in [0, 0.1) is 0 Å². The third kappa shape index (κ3) is 4.49. The SMILES string of the molecule is COc1cccc2sc(N(CC3CCCO3)C(=O)C(c3ccccc3)c3ccccc3)nc12. The third-order valence-corrected chi connectivity index (χ3v) is 7.05. The molecule has 5 nitrogen and oxygen atoms in total. The van der Waals surface area contributed by atoms with Crippen molar-refractivity contribution in [1.29, 1.82) is 0 Å². The molecule has 3 aromatic carbocycles. The second kappa shape index (κ2) is 9.73. The fourth-order valence-corrected chi connectivity index (χ4v) is 5.37. The first-order chi connectivity index (χ1) is 16.2. The minimum atomic E-state index is -0.428. The number of hydrogen-bond donors (Lipinski definition) is 0. The zero-order chi connectivity index (χ0) is 22.6. The molecule has 1 unspecified atom stereocenters. The third-order valence-electron chi connectivity index (χ3n) is 6.01. The van der Waals surface area contributed by atoms with E-state index in [1.165, 1.54) is 11.3 Å². The van der Waals surface area contributed by atoms with Gasteiger partial charge in [-0.15, -0.1) is 0 Å². The van der Waals surface area contributed by atoms with Crippen molar-refractivity contribution in [2.24, 2.45) is 0 Å². The number of methoxy groups -OCH3 is 1. The molecule has 6 heteroatoms. The van der Waals surface area contributed by atoms with Gasteiger partial charge in [-0.25, -0.2) is 4.98 Å². The molecule has 1 aliphatic heterocycles. The van der Waals surface area contributed by atoms with Gasteiger partial charge in [0.25, 0.3) is 0 Å². The number of thiazole rings is 1. The van der Waals surface area contributed by atoms with Gasteiger partial charge in [-0.3, -0.25) is 9.69 Å². The van der Waals surface area contributed by atoms with Crippen molar-refractivity contribution in [3.8, 4) is 5.75 Å². The van der Waals surface area contributed by atoms with E-state index < -0.39 is 5.92 Å². The molecule has 2 heterocycles. The Morgan fingerprint density at radius 1 is 1.06 bits per heavy atom. The van der Waals surface area contributed by atoms with Gasteiger partial charge in [-0.1, -0.05) is 78.1 Å². The molecular weight excluding hydrogens is 432 g/mol. The molecule has 0 aliphatic carbocycles. The van der Waals surface area contributed by atoms with Crippen LogP contribution in [0.15, 0.2) is 78.9 Å². The maximum Gasteiger partial charge on any atom is 0.240 e. The predicted molar refractivity (Wildman–Crippen MR) is 132 cm³/mol. The molecule has 0 bridgehead atoms. The van der Waals surface area contributed by atoms with Gasteiger partial charge < -0.3 is 9.47 Å². The normalized spacial score (nSPS) is 15.8. The lowest BCUT2D eigenvalue weighted by Gasteiger charge is -2.28. The minimum Gasteiger partial charge on any atom is -0.494 e. The fraction of sp³-hybridized carbons (Fsp3) is 0.259. The van der Waals surface area contributed by atoms with Crippen molar-refractivity contribution in [2.75, 3.05) is 25.2 Å². The molecule has 1 atom stereocenters. The lowest BCUT2D eigenvalue weighted by atomic mass is 9.90. The second-order valence-corrected chi connectivity index (χ2v) is 9.15. The molecule has 0 spiro atoms. The number of carbonyl (C=O) groups excluding carboxylic acids is 1. The van der Waals surface area contributed by atoms with Gasteiger partial charge in [-0.2, -0.15) is 0 Å². The fourth-order valence-electron chi connectivity index (χ4n) is 4.37. The molecular formula is C27H26N2O3S. The maximum atomic E-state index is 14.3. The number of anilines is 1. The molecule has 5 rings (SSSR count). The number of aromatic nitrogens is 1. The molecule has 1 amide bonds. The van der Waals surface area contributed by atoms with Crippen LogP contribution in [0.1, 0.15) is 29.9 Å². The average Bonchev–Trinajstić information content (AvgIpc) is 3.53. The highest BCUT2D eigenvalue weighted by molar-refractivity contribution is 7.22. The van der Waals surface area contributed by atoms with Gasteiger partial charge in [-0.05, 0) is 36.1 Å². The van der Waals surface area contributed by atoms with E-state index in [0.717, 1.165) is 40.8 Å². The number of rotatable bonds is 7. The van der Waals surface area contributed by atoms with Gasteiger partial charge in [0, 0.05) is 6.61 Å². The van der Waals surface area contributed by atoms with Crippen LogP contribution < -0.4 is 9.64 Å². The van der Waals surface area contributed by atoms with Crippen LogP contribution in [0.4, 0.5) is 5.13 Å². The number of ether oxygens (including phenoxy) is 2. The molecule has 1 aromatic heterocycles. The molecule has 1 saturated heterocycles. The highest BCUT2D eigenvalue weighted by Gasteiger charge is 2.33. The molecule has 0 saturated carbocycles. The standard InChI is InChI=1S/C27H26N2O3S/c1-31-22-15-8-16-23-25(22)28-27(33-23)29(18-21-14-9-17-32-21)26(30)24(19-10-4-2-5-11-19)20-12-6-3-7-13-20/h2-8,10-13,15-16,21,24H,9,14,17-18H2,1H3. The van der Waals surface area contributed by atoms with Crippen LogP contribution in [0.5, 0.6) is 5.75 Å². The zero-order valence-electron chi connectivity index (χ0n) is 18.5. The molecule has 1 fully saturated rings. The van der Waals surface area contributed by atoms with E-state index >= 15 is 0 Å². The smallest absolute Gasteiger partial charge is 0.240 e. The summed E-state index contributed by atoms with van der Waals surface area (Å²) in [5.41, 5.74) is 2.70. The van der Waals surface area contributed by atoms with Crippen LogP contribution in [-0.2, 0) is 9.53 Å². The lowest BCUT2D eigenvalue weighted by molar-refractivity contribution is -0.119. The van der Waals surface area contributed by atoms with Crippen LogP contribution in [-0.4, -0.2) is 37.3 Å². The maximum absolute atomic E-state index is 14.3. The van der Waals surface area contributed by atoms with E-state index in [4.69, 9.17) is 14.5 Å². The second-order valence-electron chi connectivity index (χ2n) is 8.14.